The van der Waals surface area contributed by atoms with Crippen molar-refractivity contribution in [1.82, 2.24) is 0 Å². The van der Waals surface area contributed by atoms with Crippen molar-refractivity contribution in [3.05, 3.63) is 35.9 Å². The van der Waals surface area contributed by atoms with E-state index in [2.05, 4.69) is 25.1 Å². The standard InChI is InChI=1S/C25H40O3/c1-3-5-6-7-8-9-10-11-12-13-14-18-23-19-15-16-20-24(23)28-22-17-21-25(26)27-4-2/h14-16,18-20H,3-13,17,21-22H2,1-2H3/b18-14+. The number of carbonyl (C=O) groups is 1. The molecule has 3 heteroatoms. The summed E-state index contributed by atoms with van der Waals surface area (Å²) in [6, 6.07) is 8.08. The molecule has 0 bridgehead atoms. The van der Waals surface area contributed by atoms with Crippen molar-refractivity contribution in [3.63, 3.8) is 0 Å². The number of benzene rings is 1. The molecular formula is C25H40O3. The van der Waals surface area contributed by atoms with E-state index in [0.29, 0.717) is 26.1 Å². The van der Waals surface area contributed by atoms with Crippen molar-refractivity contribution in [3.8, 4) is 5.75 Å². The van der Waals surface area contributed by atoms with E-state index in [1.54, 1.807) is 0 Å². The van der Waals surface area contributed by atoms with Gasteiger partial charge in [-0.1, -0.05) is 88.6 Å². The van der Waals surface area contributed by atoms with E-state index in [1.165, 1.54) is 57.8 Å². The minimum absolute atomic E-state index is 0.153. The largest absolute Gasteiger partial charge is 0.493 e. The molecular weight excluding hydrogens is 348 g/mol. The summed E-state index contributed by atoms with van der Waals surface area (Å²) in [4.78, 5) is 11.4. The lowest BCUT2D eigenvalue weighted by Crippen LogP contribution is -2.07. The summed E-state index contributed by atoms with van der Waals surface area (Å²) >= 11 is 0. The number of ether oxygens (including phenoxy) is 2. The van der Waals surface area contributed by atoms with Crippen molar-refractivity contribution in [2.24, 2.45) is 0 Å². The number of hydrogen-bond donors (Lipinski definition) is 0. The van der Waals surface area contributed by atoms with E-state index >= 15 is 0 Å². The van der Waals surface area contributed by atoms with Gasteiger partial charge in [0.25, 0.3) is 0 Å². The Morgan fingerprint density at radius 2 is 1.57 bits per heavy atom. The Bertz CT molecular complexity index is 536. The molecule has 0 N–H and O–H groups in total. The highest BCUT2D eigenvalue weighted by molar-refractivity contribution is 5.69. The molecule has 0 spiro atoms. The molecule has 28 heavy (non-hydrogen) atoms. The molecule has 0 saturated heterocycles. The Morgan fingerprint density at radius 1 is 0.893 bits per heavy atom. The summed E-state index contributed by atoms with van der Waals surface area (Å²) in [5, 5.41) is 0. The third kappa shape index (κ3) is 12.6. The van der Waals surface area contributed by atoms with Crippen molar-refractivity contribution in [2.75, 3.05) is 13.2 Å². The molecule has 0 fully saturated rings. The van der Waals surface area contributed by atoms with Crippen molar-refractivity contribution < 1.29 is 14.3 Å². The summed E-state index contributed by atoms with van der Waals surface area (Å²) in [5.41, 5.74) is 1.11. The maximum Gasteiger partial charge on any atom is 0.305 e. The van der Waals surface area contributed by atoms with Crippen molar-refractivity contribution in [2.45, 2.75) is 90.9 Å². The van der Waals surface area contributed by atoms with Gasteiger partial charge in [0.05, 0.1) is 13.2 Å². The fraction of sp³-hybridized carbons (Fsp3) is 0.640. The van der Waals surface area contributed by atoms with Gasteiger partial charge in [-0.05, 0) is 32.3 Å². The molecule has 1 aromatic rings. The molecule has 0 aliphatic rings. The van der Waals surface area contributed by atoms with Gasteiger partial charge in [0.1, 0.15) is 5.75 Å². The minimum Gasteiger partial charge on any atom is -0.493 e. The Kier molecular flexibility index (Phi) is 15.0. The van der Waals surface area contributed by atoms with E-state index in [-0.39, 0.29) is 5.97 Å². The van der Waals surface area contributed by atoms with Gasteiger partial charge in [0, 0.05) is 12.0 Å². The Labute approximate surface area is 172 Å². The van der Waals surface area contributed by atoms with E-state index in [0.717, 1.165) is 17.7 Å². The molecule has 0 aliphatic carbocycles. The first-order valence-corrected chi connectivity index (χ1v) is 11.3. The summed E-state index contributed by atoms with van der Waals surface area (Å²) in [7, 11) is 0. The van der Waals surface area contributed by atoms with Crippen LogP contribution in [0.15, 0.2) is 30.3 Å². The number of para-hydroxylation sites is 1. The lowest BCUT2D eigenvalue weighted by Gasteiger charge is -2.09. The number of unbranched alkanes of at least 4 members (excludes halogenated alkanes) is 9. The normalized spacial score (nSPS) is 11.1. The van der Waals surface area contributed by atoms with E-state index in [1.807, 2.05) is 25.1 Å². The predicted molar refractivity (Wildman–Crippen MR) is 119 cm³/mol. The quantitative estimate of drug-likeness (QED) is 0.207. The van der Waals surface area contributed by atoms with E-state index < -0.39 is 0 Å². The molecule has 0 saturated carbocycles. The van der Waals surface area contributed by atoms with Gasteiger partial charge in [-0.15, -0.1) is 0 Å². The lowest BCUT2D eigenvalue weighted by molar-refractivity contribution is -0.143. The molecule has 158 valence electrons. The number of rotatable bonds is 17. The summed E-state index contributed by atoms with van der Waals surface area (Å²) in [5.74, 6) is 0.731. The first kappa shape index (κ1) is 24.3. The van der Waals surface area contributed by atoms with E-state index in [4.69, 9.17) is 9.47 Å². The fourth-order valence-corrected chi connectivity index (χ4v) is 3.16. The van der Waals surface area contributed by atoms with Crippen LogP contribution in [0.4, 0.5) is 0 Å². The smallest absolute Gasteiger partial charge is 0.305 e. The zero-order chi connectivity index (χ0) is 20.3. The van der Waals surface area contributed by atoms with Gasteiger partial charge in [-0.2, -0.15) is 0 Å². The number of carbonyl (C=O) groups excluding carboxylic acids is 1. The van der Waals surface area contributed by atoms with Crippen LogP contribution < -0.4 is 4.74 Å². The fourth-order valence-electron chi connectivity index (χ4n) is 3.16. The van der Waals surface area contributed by atoms with Gasteiger partial charge in [-0.3, -0.25) is 4.79 Å². The van der Waals surface area contributed by atoms with Gasteiger partial charge in [0.15, 0.2) is 0 Å². The Morgan fingerprint density at radius 3 is 2.29 bits per heavy atom. The third-order valence-corrected chi connectivity index (χ3v) is 4.78. The molecule has 1 aromatic carbocycles. The summed E-state index contributed by atoms with van der Waals surface area (Å²) in [6.07, 6.45) is 18.9. The molecule has 0 atom stereocenters. The summed E-state index contributed by atoms with van der Waals surface area (Å²) < 4.78 is 10.8. The van der Waals surface area contributed by atoms with Gasteiger partial charge < -0.3 is 9.47 Å². The van der Waals surface area contributed by atoms with Crippen LogP contribution in [0, 0.1) is 0 Å². The summed E-state index contributed by atoms with van der Waals surface area (Å²) in [6.45, 7) is 5.06. The van der Waals surface area contributed by atoms with E-state index in [9.17, 15) is 4.79 Å². The highest BCUT2D eigenvalue weighted by atomic mass is 16.5. The number of allylic oxidation sites excluding steroid dienone is 1. The van der Waals surface area contributed by atoms with Crippen molar-refractivity contribution >= 4 is 12.0 Å². The number of hydrogen-bond acceptors (Lipinski definition) is 3. The first-order chi connectivity index (χ1) is 13.8. The zero-order valence-electron chi connectivity index (χ0n) is 18.1. The van der Waals surface area contributed by atoms with Gasteiger partial charge >= 0.3 is 5.97 Å². The van der Waals surface area contributed by atoms with Crippen LogP contribution in [-0.2, 0) is 9.53 Å². The minimum atomic E-state index is -0.153. The van der Waals surface area contributed by atoms with Gasteiger partial charge in [-0.25, -0.2) is 0 Å². The maximum atomic E-state index is 11.4. The average Bonchev–Trinajstić information content (AvgIpc) is 2.70. The van der Waals surface area contributed by atoms with Crippen LogP contribution in [0.1, 0.15) is 96.5 Å². The maximum absolute atomic E-state index is 11.4. The SMILES string of the molecule is CCCCCCCCCCC/C=C/c1ccccc1OCCCC(=O)OCC. The molecule has 1 rings (SSSR count). The van der Waals surface area contributed by atoms with Crippen LogP contribution >= 0.6 is 0 Å². The van der Waals surface area contributed by atoms with Crippen LogP contribution in [0.3, 0.4) is 0 Å². The topological polar surface area (TPSA) is 35.5 Å². The first-order valence-electron chi connectivity index (χ1n) is 11.3. The molecule has 3 nitrogen and oxygen atoms in total. The second-order valence-corrected chi connectivity index (χ2v) is 7.31. The van der Waals surface area contributed by atoms with Crippen LogP contribution in [-0.4, -0.2) is 19.2 Å². The third-order valence-electron chi connectivity index (χ3n) is 4.78. The second-order valence-electron chi connectivity index (χ2n) is 7.31. The molecule has 0 radical (unpaired) electrons. The van der Waals surface area contributed by atoms with Crippen molar-refractivity contribution in [1.29, 1.82) is 0 Å². The van der Waals surface area contributed by atoms with Crippen LogP contribution in [0.25, 0.3) is 6.08 Å². The highest BCUT2D eigenvalue weighted by Gasteiger charge is 2.03. The monoisotopic (exact) mass is 388 g/mol. The van der Waals surface area contributed by atoms with Gasteiger partial charge in [0.2, 0.25) is 0 Å². The zero-order valence-corrected chi connectivity index (χ0v) is 18.1. The Hall–Kier alpha value is -1.77. The molecule has 0 amide bonds. The molecule has 0 heterocycles. The average molecular weight is 389 g/mol. The molecule has 0 unspecified atom stereocenters. The predicted octanol–water partition coefficient (Wildman–Crippen LogP) is 7.34. The van der Waals surface area contributed by atoms with Crippen LogP contribution in [0.5, 0.6) is 5.75 Å². The number of esters is 1. The molecule has 0 aromatic heterocycles. The Balaban J connectivity index is 2.17. The molecule has 0 aliphatic heterocycles. The highest BCUT2D eigenvalue weighted by Crippen LogP contribution is 2.20. The second kappa shape index (κ2) is 17.3. The lowest BCUT2D eigenvalue weighted by atomic mass is 10.1. The van der Waals surface area contributed by atoms with Crippen LogP contribution in [0.2, 0.25) is 0 Å².